The van der Waals surface area contributed by atoms with Crippen molar-refractivity contribution in [1.82, 2.24) is 5.32 Å². The number of nitrogens with two attached hydrogens (primary N) is 1. The van der Waals surface area contributed by atoms with E-state index >= 15 is 0 Å². The average molecular weight is 212 g/mol. The molecule has 0 saturated heterocycles. The second kappa shape index (κ2) is 6.11. The summed E-state index contributed by atoms with van der Waals surface area (Å²) in [6, 6.07) is 0.377. The smallest absolute Gasteiger partial charge is 0.223 e. The standard InChI is InChI=1S/C12H24N2O/c1-3-6-9(2)12(15)14-11-8-5-4-7-10(11)13/h9-11H,3-8,13H2,1-2H3,(H,14,15). The highest BCUT2D eigenvalue weighted by atomic mass is 16.1. The number of hydrogen-bond donors (Lipinski definition) is 2. The molecule has 0 aromatic heterocycles. The van der Waals surface area contributed by atoms with Gasteiger partial charge in [-0.15, -0.1) is 0 Å². The molecule has 88 valence electrons. The van der Waals surface area contributed by atoms with E-state index in [4.69, 9.17) is 5.73 Å². The van der Waals surface area contributed by atoms with E-state index in [2.05, 4.69) is 12.2 Å². The number of amides is 1. The monoisotopic (exact) mass is 212 g/mol. The van der Waals surface area contributed by atoms with E-state index in [0.717, 1.165) is 25.7 Å². The van der Waals surface area contributed by atoms with Gasteiger partial charge in [-0.2, -0.15) is 0 Å². The summed E-state index contributed by atoms with van der Waals surface area (Å²) in [7, 11) is 0. The summed E-state index contributed by atoms with van der Waals surface area (Å²) in [4.78, 5) is 11.8. The lowest BCUT2D eigenvalue weighted by Gasteiger charge is -2.30. The number of rotatable bonds is 4. The van der Waals surface area contributed by atoms with E-state index in [1.807, 2.05) is 6.92 Å². The Kier molecular flexibility index (Phi) is 5.09. The van der Waals surface area contributed by atoms with Crippen LogP contribution in [0.5, 0.6) is 0 Å². The van der Waals surface area contributed by atoms with Crippen molar-refractivity contribution in [2.45, 2.75) is 64.5 Å². The fraction of sp³-hybridized carbons (Fsp3) is 0.917. The number of nitrogens with one attached hydrogen (secondary N) is 1. The molecule has 0 radical (unpaired) electrons. The summed E-state index contributed by atoms with van der Waals surface area (Å²) < 4.78 is 0. The first-order chi connectivity index (χ1) is 7.15. The first-order valence-corrected chi connectivity index (χ1v) is 6.21. The van der Waals surface area contributed by atoms with Gasteiger partial charge in [0.2, 0.25) is 5.91 Å². The van der Waals surface area contributed by atoms with Crippen LogP contribution in [0.2, 0.25) is 0 Å². The Hall–Kier alpha value is -0.570. The summed E-state index contributed by atoms with van der Waals surface area (Å²) >= 11 is 0. The van der Waals surface area contributed by atoms with E-state index in [0.29, 0.717) is 0 Å². The Morgan fingerprint density at radius 2 is 2.13 bits per heavy atom. The van der Waals surface area contributed by atoms with Crippen LogP contribution in [0.25, 0.3) is 0 Å². The third-order valence-electron chi connectivity index (χ3n) is 3.32. The van der Waals surface area contributed by atoms with Crippen LogP contribution in [-0.2, 0) is 4.79 Å². The largest absolute Gasteiger partial charge is 0.352 e. The number of carbonyl (C=O) groups is 1. The van der Waals surface area contributed by atoms with E-state index in [-0.39, 0.29) is 23.9 Å². The van der Waals surface area contributed by atoms with Crippen molar-refractivity contribution < 1.29 is 4.79 Å². The van der Waals surface area contributed by atoms with Gasteiger partial charge in [-0.1, -0.05) is 33.1 Å². The van der Waals surface area contributed by atoms with Crippen molar-refractivity contribution in [2.24, 2.45) is 11.7 Å². The maximum atomic E-state index is 11.8. The van der Waals surface area contributed by atoms with E-state index in [1.54, 1.807) is 0 Å². The van der Waals surface area contributed by atoms with Gasteiger partial charge in [-0.3, -0.25) is 4.79 Å². The lowest BCUT2D eigenvalue weighted by atomic mass is 9.90. The van der Waals surface area contributed by atoms with E-state index in [1.165, 1.54) is 12.8 Å². The highest BCUT2D eigenvalue weighted by Crippen LogP contribution is 2.17. The fourth-order valence-electron chi connectivity index (χ4n) is 2.23. The first kappa shape index (κ1) is 12.5. The van der Waals surface area contributed by atoms with Crippen LogP contribution in [0.3, 0.4) is 0 Å². The molecule has 0 aromatic rings. The summed E-state index contributed by atoms with van der Waals surface area (Å²) in [6.07, 6.45) is 6.52. The van der Waals surface area contributed by atoms with Gasteiger partial charge in [0.25, 0.3) is 0 Å². The van der Waals surface area contributed by atoms with Crippen LogP contribution in [0.15, 0.2) is 0 Å². The molecule has 1 aliphatic rings. The molecule has 3 nitrogen and oxygen atoms in total. The number of carbonyl (C=O) groups excluding carboxylic acids is 1. The van der Waals surface area contributed by atoms with Gasteiger partial charge in [0.05, 0.1) is 0 Å². The molecule has 1 amide bonds. The first-order valence-electron chi connectivity index (χ1n) is 6.21. The van der Waals surface area contributed by atoms with Gasteiger partial charge in [0.15, 0.2) is 0 Å². The van der Waals surface area contributed by atoms with Crippen molar-refractivity contribution in [1.29, 1.82) is 0 Å². The topological polar surface area (TPSA) is 55.1 Å². The summed E-state index contributed by atoms with van der Waals surface area (Å²) in [5.41, 5.74) is 5.99. The predicted molar refractivity (Wildman–Crippen MR) is 62.4 cm³/mol. The van der Waals surface area contributed by atoms with Crippen molar-refractivity contribution in [3.63, 3.8) is 0 Å². The molecule has 0 aliphatic heterocycles. The molecule has 3 N–H and O–H groups in total. The van der Waals surface area contributed by atoms with Gasteiger partial charge in [0, 0.05) is 18.0 Å². The molecule has 1 fully saturated rings. The quantitative estimate of drug-likeness (QED) is 0.746. The van der Waals surface area contributed by atoms with Crippen LogP contribution in [-0.4, -0.2) is 18.0 Å². The van der Waals surface area contributed by atoms with Crippen LogP contribution < -0.4 is 11.1 Å². The third kappa shape index (κ3) is 3.82. The minimum absolute atomic E-state index is 0.129. The Balaban J connectivity index is 2.35. The van der Waals surface area contributed by atoms with Crippen LogP contribution in [0.1, 0.15) is 52.4 Å². The van der Waals surface area contributed by atoms with E-state index in [9.17, 15) is 4.79 Å². The molecule has 0 heterocycles. The molecule has 15 heavy (non-hydrogen) atoms. The van der Waals surface area contributed by atoms with Crippen molar-refractivity contribution in [3.05, 3.63) is 0 Å². The van der Waals surface area contributed by atoms with Gasteiger partial charge >= 0.3 is 0 Å². The maximum absolute atomic E-state index is 11.8. The lowest BCUT2D eigenvalue weighted by Crippen LogP contribution is -2.50. The zero-order valence-corrected chi connectivity index (χ0v) is 9.96. The SMILES string of the molecule is CCCC(C)C(=O)NC1CCCCC1N. The van der Waals surface area contributed by atoms with Gasteiger partial charge in [-0.05, 0) is 19.3 Å². The molecule has 0 spiro atoms. The highest BCUT2D eigenvalue weighted by molar-refractivity contribution is 5.78. The summed E-state index contributed by atoms with van der Waals surface area (Å²) in [5.74, 6) is 0.309. The predicted octanol–water partition coefficient (Wildman–Crippen LogP) is 1.81. The minimum Gasteiger partial charge on any atom is -0.352 e. The molecular formula is C12H24N2O. The fourth-order valence-corrected chi connectivity index (χ4v) is 2.23. The normalized spacial score (nSPS) is 28.5. The minimum atomic E-state index is 0.129. The van der Waals surface area contributed by atoms with Gasteiger partial charge in [0.1, 0.15) is 0 Å². The Labute approximate surface area is 92.8 Å². The highest BCUT2D eigenvalue weighted by Gasteiger charge is 2.24. The molecule has 0 bridgehead atoms. The van der Waals surface area contributed by atoms with Crippen LogP contribution in [0.4, 0.5) is 0 Å². The number of hydrogen-bond acceptors (Lipinski definition) is 2. The molecule has 1 saturated carbocycles. The van der Waals surface area contributed by atoms with Crippen LogP contribution in [0, 0.1) is 5.92 Å². The Morgan fingerprint density at radius 1 is 1.47 bits per heavy atom. The zero-order valence-electron chi connectivity index (χ0n) is 9.96. The summed E-state index contributed by atoms with van der Waals surface area (Å²) in [5, 5.41) is 3.09. The molecule has 3 unspecified atom stereocenters. The molecule has 3 atom stereocenters. The van der Waals surface area contributed by atoms with Crippen LogP contribution >= 0.6 is 0 Å². The zero-order chi connectivity index (χ0) is 11.3. The van der Waals surface area contributed by atoms with Crippen molar-refractivity contribution >= 4 is 5.91 Å². The van der Waals surface area contributed by atoms with E-state index < -0.39 is 0 Å². The molecule has 3 heteroatoms. The van der Waals surface area contributed by atoms with Gasteiger partial charge in [-0.25, -0.2) is 0 Å². The molecule has 1 aliphatic carbocycles. The lowest BCUT2D eigenvalue weighted by molar-refractivity contribution is -0.125. The third-order valence-corrected chi connectivity index (χ3v) is 3.32. The molecule has 1 rings (SSSR count). The second-order valence-corrected chi connectivity index (χ2v) is 4.75. The summed E-state index contributed by atoms with van der Waals surface area (Å²) in [6.45, 7) is 4.10. The van der Waals surface area contributed by atoms with Crippen molar-refractivity contribution in [3.8, 4) is 0 Å². The average Bonchev–Trinajstić information content (AvgIpc) is 2.21. The van der Waals surface area contributed by atoms with Crippen molar-refractivity contribution in [2.75, 3.05) is 0 Å². The Morgan fingerprint density at radius 3 is 2.73 bits per heavy atom. The molecular weight excluding hydrogens is 188 g/mol. The second-order valence-electron chi connectivity index (χ2n) is 4.75. The maximum Gasteiger partial charge on any atom is 0.223 e. The van der Waals surface area contributed by atoms with Gasteiger partial charge < -0.3 is 11.1 Å². The Bertz CT molecular complexity index is 206. The molecule has 0 aromatic carbocycles.